The summed E-state index contributed by atoms with van der Waals surface area (Å²) in [6.45, 7) is 0.922. The summed E-state index contributed by atoms with van der Waals surface area (Å²) in [6.07, 6.45) is 1.71. The Morgan fingerprint density at radius 3 is 1.85 bits per heavy atom. The highest BCUT2D eigenvalue weighted by molar-refractivity contribution is 5.84. The molecule has 0 aromatic heterocycles. The second kappa shape index (κ2) is 4.20. The predicted octanol–water partition coefficient (Wildman–Crippen LogP) is 2.98. The minimum atomic E-state index is -0.155. The first-order valence-electron chi connectivity index (χ1n) is 7.23. The summed E-state index contributed by atoms with van der Waals surface area (Å²) in [5, 5.41) is 0. The van der Waals surface area contributed by atoms with Gasteiger partial charge < -0.3 is 4.90 Å². The summed E-state index contributed by atoms with van der Waals surface area (Å²) in [4.78, 5) is 14.4. The number of hydrogen-bond acceptors (Lipinski definition) is 1. The van der Waals surface area contributed by atoms with Crippen molar-refractivity contribution in [2.75, 3.05) is 6.54 Å². The molecular weight excluding hydrogens is 246 g/mol. The van der Waals surface area contributed by atoms with E-state index in [1.165, 1.54) is 11.1 Å². The van der Waals surface area contributed by atoms with Gasteiger partial charge in [0.2, 0.25) is 5.91 Å². The van der Waals surface area contributed by atoms with E-state index in [9.17, 15) is 4.79 Å². The SMILES string of the molecule is O=C1CC(c2ccccc2)(c2ccccc2)[C@@H]2CCN12. The number of carbonyl (C=O) groups is 1. The lowest BCUT2D eigenvalue weighted by Crippen LogP contribution is -2.53. The number of benzene rings is 2. The van der Waals surface area contributed by atoms with Gasteiger partial charge in [0.25, 0.3) is 0 Å². The highest BCUT2D eigenvalue weighted by Gasteiger charge is 2.57. The van der Waals surface area contributed by atoms with E-state index in [-0.39, 0.29) is 5.41 Å². The van der Waals surface area contributed by atoms with Gasteiger partial charge >= 0.3 is 0 Å². The number of hydrogen-bond donors (Lipinski definition) is 0. The first-order valence-corrected chi connectivity index (χ1v) is 7.23. The minimum absolute atomic E-state index is 0.155. The maximum atomic E-state index is 12.3. The van der Waals surface area contributed by atoms with Crippen LogP contribution in [0.2, 0.25) is 0 Å². The predicted molar refractivity (Wildman–Crippen MR) is 78.4 cm³/mol. The van der Waals surface area contributed by atoms with Gasteiger partial charge in [-0.15, -0.1) is 0 Å². The molecule has 2 heteroatoms. The van der Waals surface area contributed by atoms with Crippen molar-refractivity contribution in [3.63, 3.8) is 0 Å². The van der Waals surface area contributed by atoms with Crippen LogP contribution < -0.4 is 0 Å². The third kappa shape index (κ3) is 1.42. The Morgan fingerprint density at radius 1 is 0.900 bits per heavy atom. The van der Waals surface area contributed by atoms with Crippen molar-refractivity contribution in [2.24, 2.45) is 0 Å². The smallest absolute Gasteiger partial charge is 0.224 e. The van der Waals surface area contributed by atoms with Crippen molar-refractivity contribution in [2.45, 2.75) is 24.3 Å². The Bertz CT molecular complexity index is 595. The fourth-order valence-electron chi connectivity index (χ4n) is 3.88. The van der Waals surface area contributed by atoms with Gasteiger partial charge in [-0.05, 0) is 17.5 Å². The molecule has 4 rings (SSSR count). The van der Waals surface area contributed by atoms with Crippen LogP contribution in [-0.4, -0.2) is 23.4 Å². The Balaban J connectivity index is 1.93. The summed E-state index contributed by atoms with van der Waals surface area (Å²) >= 11 is 0. The van der Waals surface area contributed by atoms with Gasteiger partial charge in [-0.3, -0.25) is 4.79 Å². The van der Waals surface area contributed by atoms with Crippen molar-refractivity contribution < 1.29 is 4.79 Å². The van der Waals surface area contributed by atoms with Crippen molar-refractivity contribution in [3.8, 4) is 0 Å². The molecule has 2 fully saturated rings. The standard InChI is InChI=1S/C18H17NO/c20-17-13-18(16-11-12-19(16)17,14-7-3-1-4-8-14)15-9-5-2-6-10-15/h1-10,16H,11-13H2/t16-/m0/s1. The van der Waals surface area contributed by atoms with Gasteiger partial charge in [0.15, 0.2) is 0 Å². The van der Waals surface area contributed by atoms with E-state index >= 15 is 0 Å². The van der Waals surface area contributed by atoms with Crippen molar-refractivity contribution in [1.82, 2.24) is 4.90 Å². The molecule has 1 amide bonds. The summed E-state index contributed by atoms with van der Waals surface area (Å²) in [5.74, 6) is 0.300. The van der Waals surface area contributed by atoms with E-state index in [4.69, 9.17) is 0 Å². The van der Waals surface area contributed by atoms with Gasteiger partial charge in [-0.1, -0.05) is 60.7 Å². The van der Waals surface area contributed by atoms with Crippen LogP contribution in [0, 0.1) is 0 Å². The molecule has 2 aliphatic heterocycles. The molecule has 0 unspecified atom stereocenters. The number of rotatable bonds is 2. The van der Waals surface area contributed by atoms with E-state index in [0.29, 0.717) is 18.4 Å². The lowest BCUT2D eigenvalue weighted by atomic mass is 9.67. The molecule has 2 aliphatic rings. The van der Waals surface area contributed by atoms with E-state index in [0.717, 1.165) is 13.0 Å². The third-order valence-electron chi connectivity index (χ3n) is 4.92. The van der Waals surface area contributed by atoms with Crippen LogP contribution in [0.15, 0.2) is 60.7 Å². The average molecular weight is 263 g/mol. The van der Waals surface area contributed by atoms with Crippen molar-refractivity contribution in [3.05, 3.63) is 71.8 Å². The van der Waals surface area contributed by atoms with E-state index in [2.05, 4.69) is 53.4 Å². The zero-order valence-electron chi connectivity index (χ0n) is 11.3. The maximum Gasteiger partial charge on any atom is 0.224 e. The molecule has 2 aromatic rings. The molecule has 0 N–H and O–H groups in total. The molecular formula is C18H17NO. The maximum absolute atomic E-state index is 12.3. The van der Waals surface area contributed by atoms with E-state index < -0.39 is 0 Å². The van der Waals surface area contributed by atoms with Gasteiger partial charge in [0, 0.05) is 24.4 Å². The summed E-state index contributed by atoms with van der Waals surface area (Å²) in [5.41, 5.74) is 2.39. The Morgan fingerprint density at radius 2 is 1.45 bits per heavy atom. The summed E-state index contributed by atoms with van der Waals surface area (Å²) < 4.78 is 0. The van der Waals surface area contributed by atoms with Crippen LogP contribution in [0.1, 0.15) is 24.0 Å². The van der Waals surface area contributed by atoms with Crippen LogP contribution in [-0.2, 0) is 10.2 Å². The molecule has 2 aromatic carbocycles. The number of amides is 1. The quantitative estimate of drug-likeness (QED) is 0.815. The zero-order chi connectivity index (χ0) is 13.6. The van der Waals surface area contributed by atoms with Gasteiger partial charge in [0.1, 0.15) is 0 Å². The fraction of sp³-hybridized carbons (Fsp3) is 0.278. The molecule has 0 aliphatic carbocycles. The summed E-state index contributed by atoms with van der Waals surface area (Å²) in [7, 11) is 0. The second-order valence-corrected chi connectivity index (χ2v) is 5.77. The molecule has 2 heterocycles. The fourth-order valence-corrected chi connectivity index (χ4v) is 3.88. The highest BCUT2D eigenvalue weighted by atomic mass is 16.2. The monoisotopic (exact) mass is 263 g/mol. The highest BCUT2D eigenvalue weighted by Crippen LogP contribution is 2.50. The molecule has 0 bridgehead atoms. The molecule has 0 saturated carbocycles. The number of fused-ring (bicyclic) bond motifs is 1. The van der Waals surface area contributed by atoms with Gasteiger partial charge in [-0.2, -0.15) is 0 Å². The van der Waals surface area contributed by atoms with Crippen LogP contribution >= 0.6 is 0 Å². The molecule has 0 spiro atoms. The topological polar surface area (TPSA) is 20.3 Å². The lowest BCUT2D eigenvalue weighted by molar-refractivity contribution is -0.132. The normalized spacial score (nSPS) is 23.3. The molecule has 100 valence electrons. The second-order valence-electron chi connectivity index (χ2n) is 5.77. The zero-order valence-corrected chi connectivity index (χ0v) is 11.3. The lowest BCUT2D eigenvalue weighted by Gasteiger charge is -2.45. The Kier molecular flexibility index (Phi) is 2.46. The van der Waals surface area contributed by atoms with Gasteiger partial charge in [-0.25, -0.2) is 0 Å². The van der Waals surface area contributed by atoms with Crippen LogP contribution in [0.5, 0.6) is 0 Å². The van der Waals surface area contributed by atoms with E-state index in [1.807, 2.05) is 12.1 Å². The van der Waals surface area contributed by atoms with Crippen molar-refractivity contribution >= 4 is 5.91 Å². The number of nitrogens with zero attached hydrogens (tertiary/aromatic N) is 1. The van der Waals surface area contributed by atoms with Crippen LogP contribution in [0.25, 0.3) is 0 Å². The third-order valence-corrected chi connectivity index (χ3v) is 4.92. The average Bonchev–Trinajstić information content (AvgIpc) is 2.67. The van der Waals surface area contributed by atoms with Gasteiger partial charge in [0.05, 0.1) is 0 Å². The van der Waals surface area contributed by atoms with Crippen molar-refractivity contribution in [1.29, 1.82) is 0 Å². The first kappa shape index (κ1) is 11.7. The Labute approximate surface area is 119 Å². The van der Waals surface area contributed by atoms with Crippen LogP contribution in [0.4, 0.5) is 0 Å². The summed E-state index contributed by atoms with van der Waals surface area (Å²) in [6, 6.07) is 21.4. The first-order chi connectivity index (χ1) is 9.82. The molecule has 1 atom stereocenters. The molecule has 20 heavy (non-hydrogen) atoms. The number of carbonyl (C=O) groups excluding carboxylic acids is 1. The largest absolute Gasteiger partial charge is 0.338 e. The molecule has 0 radical (unpaired) electrons. The Hall–Kier alpha value is -2.09. The molecule has 2 nitrogen and oxygen atoms in total. The minimum Gasteiger partial charge on any atom is -0.338 e. The van der Waals surface area contributed by atoms with E-state index in [1.54, 1.807) is 0 Å². The molecule has 2 saturated heterocycles. The van der Waals surface area contributed by atoms with Crippen LogP contribution in [0.3, 0.4) is 0 Å².